The summed E-state index contributed by atoms with van der Waals surface area (Å²) in [4.78, 5) is 10.1. The van der Waals surface area contributed by atoms with E-state index in [1.165, 1.54) is 0 Å². The Morgan fingerprint density at radius 2 is 2.86 bits per heavy atom. The molecule has 7 heavy (non-hydrogen) atoms. The lowest BCUT2D eigenvalue weighted by atomic mass is 10.4. The molecule has 4 heteroatoms. The van der Waals surface area contributed by atoms with Gasteiger partial charge in [-0.2, -0.15) is 12.6 Å². The largest absolute Gasteiger partial charge is 0.480 e. The number of carboxylic acid groups (broad SMARTS) is 1. The summed E-state index contributed by atoms with van der Waals surface area (Å²) in [6.07, 6.45) is 0. The van der Waals surface area contributed by atoms with Gasteiger partial charge in [-0.3, -0.25) is 4.79 Å². The fourth-order valence-electron chi connectivity index (χ4n) is 0.0478. The van der Waals surface area contributed by atoms with Crippen molar-refractivity contribution in [2.75, 3.05) is 5.70 Å². The zero-order valence-corrected chi connectivity index (χ0v) is 4.27. The van der Waals surface area contributed by atoms with Crippen molar-refractivity contribution in [2.24, 2.45) is 5.73 Å². The van der Waals surface area contributed by atoms with Gasteiger partial charge < -0.3 is 10.8 Å². The molecule has 0 fully saturated rings. The van der Waals surface area contributed by atoms with Crippen molar-refractivity contribution >= 4 is 18.6 Å². The molecule has 0 aliphatic heterocycles. The molecule has 0 aliphatic carbocycles. The first-order chi connectivity index (χ1) is 4.19. The van der Waals surface area contributed by atoms with Gasteiger partial charge in [0, 0.05) is 8.45 Å². The zero-order chi connectivity index (χ0) is 8.58. The molecule has 0 saturated carbocycles. The van der Waals surface area contributed by atoms with Crippen molar-refractivity contribution in [1.82, 2.24) is 0 Å². The molecule has 0 unspecified atom stereocenters. The molecule has 0 aromatic rings. The highest BCUT2D eigenvalue weighted by molar-refractivity contribution is 7.80. The molecule has 0 aromatic carbocycles. The summed E-state index contributed by atoms with van der Waals surface area (Å²) in [5.74, 6) is -1.74. The van der Waals surface area contributed by atoms with E-state index in [2.05, 4.69) is 12.6 Å². The molecule has 1 atom stereocenters. The van der Waals surface area contributed by atoms with Crippen molar-refractivity contribution in [1.29, 1.82) is 0 Å². The van der Waals surface area contributed by atoms with Gasteiger partial charge in [-0.25, -0.2) is 0 Å². The molecular weight excluding hydrogens is 114 g/mol. The topological polar surface area (TPSA) is 63.3 Å². The SMILES string of the molecule is [2H]C([2H])(S)[C@]([2H])(N)C(=O)O. The lowest BCUT2D eigenvalue weighted by Gasteiger charge is -1.96. The third-order valence-electron chi connectivity index (χ3n) is 0.351. The Labute approximate surface area is 51.1 Å². The Hall–Kier alpha value is -0.220. The van der Waals surface area contributed by atoms with Gasteiger partial charge in [0.25, 0.3) is 0 Å². The third-order valence-corrected chi connectivity index (χ3v) is 0.592. The van der Waals surface area contributed by atoms with Gasteiger partial charge in [0.2, 0.25) is 0 Å². The first kappa shape index (κ1) is 2.94. The van der Waals surface area contributed by atoms with Crippen molar-refractivity contribution in [3.63, 3.8) is 0 Å². The van der Waals surface area contributed by atoms with Crippen LogP contribution in [0.5, 0.6) is 0 Å². The summed E-state index contributed by atoms with van der Waals surface area (Å²) < 4.78 is 20.2. The summed E-state index contributed by atoms with van der Waals surface area (Å²) >= 11 is 3.21. The Balaban J connectivity index is 4.57. The quantitative estimate of drug-likeness (QED) is 0.428. The minimum Gasteiger partial charge on any atom is -0.480 e. The number of aliphatic carboxylic acids is 1. The van der Waals surface area contributed by atoms with Crippen LogP contribution in [0.4, 0.5) is 0 Å². The first-order valence-corrected chi connectivity index (χ1v) is 1.89. The molecule has 0 rings (SSSR count). The van der Waals surface area contributed by atoms with Gasteiger partial charge in [-0.05, 0) is 0 Å². The van der Waals surface area contributed by atoms with E-state index in [9.17, 15) is 4.79 Å². The molecule has 0 saturated heterocycles. The van der Waals surface area contributed by atoms with Gasteiger partial charge in [-0.15, -0.1) is 0 Å². The minimum absolute atomic E-state index is 1.74. The van der Waals surface area contributed by atoms with Crippen LogP contribution in [0.25, 0.3) is 0 Å². The average molecular weight is 124 g/mol. The molecule has 0 spiro atoms. The van der Waals surface area contributed by atoms with Crippen LogP contribution in [-0.2, 0) is 4.79 Å². The fraction of sp³-hybridized carbons (Fsp3) is 0.667. The van der Waals surface area contributed by atoms with Crippen molar-refractivity contribution in [2.45, 2.75) is 6.02 Å². The molecule has 42 valence electrons. The van der Waals surface area contributed by atoms with Crippen molar-refractivity contribution < 1.29 is 14.0 Å². The van der Waals surface area contributed by atoms with Crippen LogP contribution >= 0.6 is 12.6 Å². The van der Waals surface area contributed by atoms with Gasteiger partial charge in [0.1, 0.15) is 6.02 Å². The predicted molar refractivity (Wildman–Crippen MR) is 29.5 cm³/mol. The highest BCUT2D eigenvalue weighted by Crippen LogP contribution is 1.80. The number of carboxylic acids is 1. The van der Waals surface area contributed by atoms with Crippen LogP contribution in [0.2, 0.25) is 0 Å². The molecule has 0 radical (unpaired) electrons. The lowest BCUT2D eigenvalue weighted by molar-refractivity contribution is -0.137. The van der Waals surface area contributed by atoms with Crippen LogP contribution in [0.1, 0.15) is 4.11 Å². The van der Waals surface area contributed by atoms with Crippen LogP contribution < -0.4 is 5.73 Å². The molecule has 0 aromatic heterocycles. The van der Waals surface area contributed by atoms with Gasteiger partial charge in [0.15, 0.2) is 0 Å². The molecule has 3 nitrogen and oxygen atoms in total. The maximum Gasteiger partial charge on any atom is 0.321 e. The third kappa shape index (κ3) is 2.47. The van der Waals surface area contributed by atoms with Crippen molar-refractivity contribution in [3.8, 4) is 0 Å². The predicted octanol–water partition coefficient (Wildman–Crippen LogP) is -0.672. The number of thiol groups is 1. The molecular formula is C3H7NO2S. The second-order valence-electron chi connectivity index (χ2n) is 0.831. The number of nitrogens with two attached hydrogens (primary N) is 1. The number of hydrogen-bond acceptors (Lipinski definition) is 3. The van der Waals surface area contributed by atoms with E-state index in [1.807, 2.05) is 0 Å². The van der Waals surface area contributed by atoms with Crippen LogP contribution in [0.3, 0.4) is 0 Å². The molecule has 0 bridgehead atoms. The summed E-state index contributed by atoms with van der Waals surface area (Å²) in [5, 5.41) is 8.18. The normalized spacial score (nSPS) is 26.3. The summed E-state index contributed by atoms with van der Waals surface area (Å²) in [5.41, 5.74) is 2.21. The Morgan fingerprint density at radius 1 is 2.43 bits per heavy atom. The average Bonchev–Trinajstić information content (AvgIpc) is 1.62. The first-order valence-electron chi connectivity index (χ1n) is 2.94. The Morgan fingerprint density at radius 3 is 2.86 bits per heavy atom. The standard InChI is InChI=1S/C3H7NO2S/c4-2(1-7)3(5)6/h2,7H,1,4H2,(H,5,6)/t2-/m0/s1/i1D2,2D. The van der Waals surface area contributed by atoms with Gasteiger partial charge in [-0.1, -0.05) is 0 Å². The molecule has 0 aliphatic rings. The molecule has 3 N–H and O–H groups in total. The second kappa shape index (κ2) is 2.87. The van der Waals surface area contributed by atoms with E-state index in [1.54, 1.807) is 0 Å². The smallest absolute Gasteiger partial charge is 0.321 e. The van der Waals surface area contributed by atoms with E-state index in [0.29, 0.717) is 0 Å². The lowest BCUT2D eigenvalue weighted by Crippen LogP contribution is -2.31. The monoisotopic (exact) mass is 124 g/mol. The summed E-state index contributed by atoms with van der Waals surface area (Å²) in [7, 11) is 0. The van der Waals surface area contributed by atoms with Crippen LogP contribution in [-0.4, -0.2) is 22.8 Å². The summed E-state index contributed by atoms with van der Waals surface area (Å²) in [6, 6.07) is -2.70. The van der Waals surface area contributed by atoms with E-state index in [0.717, 1.165) is 0 Å². The number of carbonyl (C=O) groups is 1. The van der Waals surface area contributed by atoms with E-state index in [-0.39, 0.29) is 0 Å². The zero-order valence-electron chi connectivity index (χ0n) is 6.38. The summed E-state index contributed by atoms with van der Waals surface area (Å²) in [6.45, 7) is 0. The Kier molecular flexibility index (Phi) is 1.21. The van der Waals surface area contributed by atoms with E-state index >= 15 is 0 Å². The van der Waals surface area contributed by atoms with E-state index in [4.69, 9.17) is 15.0 Å². The maximum absolute atomic E-state index is 10.1. The van der Waals surface area contributed by atoms with Crippen LogP contribution in [0, 0.1) is 0 Å². The van der Waals surface area contributed by atoms with Crippen LogP contribution in [0.15, 0.2) is 0 Å². The second-order valence-corrected chi connectivity index (χ2v) is 1.05. The fourth-order valence-corrected chi connectivity index (χ4v) is 0.143. The molecule has 0 amide bonds. The number of hydrogen-bond donors (Lipinski definition) is 3. The maximum atomic E-state index is 10.1. The van der Waals surface area contributed by atoms with E-state index < -0.39 is 17.7 Å². The van der Waals surface area contributed by atoms with Gasteiger partial charge in [0.05, 0.1) is 1.37 Å². The van der Waals surface area contributed by atoms with Gasteiger partial charge >= 0.3 is 5.97 Å². The highest BCUT2D eigenvalue weighted by Gasteiger charge is 2.06. The number of rotatable bonds is 2. The Bertz CT molecular complexity index is 154. The highest BCUT2D eigenvalue weighted by atomic mass is 32.1. The van der Waals surface area contributed by atoms with Crippen molar-refractivity contribution in [3.05, 3.63) is 0 Å². The molecule has 0 heterocycles. The minimum atomic E-state index is -2.70.